The summed E-state index contributed by atoms with van der Waals surface area (Å²) in [5, 5.41) is 3.23. The van der Waals surface area contributed by atoms with Crippen LogP contribution in [0.3, 0.4) is 0 Å². The molecule has 4 rings (SSSR count). The van der Waals surface area contributed by atoms with Crippen LogP contribution in [0.4, 0.5) is 10.5 Å². The summed E-state index contributed by atoms with van der Waals surface area (Å²) in [4.78, 5) is 28.8. The zero-order chi connectivity index (χ0) is 22.3. The number of carbonyl (C=O) groups excluding carboxylic acids is 2. The van der Waals surface area contributed by atoms with Crippen LogP contribution in [0.5, 0.6) is 0 Å². The van der Waals surface area contributed by atoms with Crippen LogP contribution in [-0.2, 0) is 11.3 Å². The van der Waals surface area contributed by atoms with Gasteiger partial charge in [-0.25, -0.2) is 4.79 Å². The van der Waals surface area contributed by atoms with Gasteiger partial charge in [-0.1, -0.05) is 48.0 Å². The lowest BCUT2D eigenvalue weighted by Crippen LogP contribution is -2.44. The lowest BCUT2D eigenvalue weighted by molar-refractivity contribution is -0.123. The summed E-state index contributed by atoms with van der Waals surface area (Å²) in [6.07, 6.45) is 3.91. The minimum absolute atomic E-state index is 0.109. The van der Waals surface area contributed by atoms with Gasteiger partial charge in [0.15, 0.2) is 0 Å². The van der Waals surface area contributed by atoms with Crippen LogP contribution >= 0.6 is 11.6 Å². The molecule has 0 aliphatic carbocycles. The van der Waals surface area contributed by atoms with Crippen molar-refractivity contribution in [3.05, 3.63) is 76.0 Å². The number of hydrogen-bond donors (Lipinski definition) is 1. The summed E-state index contributed by atoms with van der Waals surface area (Å²) in [5.74, 6) is -0.355. The first kappa shape index (κ1) is 21.2. The molecule has 6 heteroatoms. The number of anilines is 1. The van der Waals surface area contributed by atoms with Gasteiger partial charge in [-0.05, 0) is 62.6 Å². The molecule has 1 saturated heterocycles. The van der Waals surface area contributed by atoms with Crippen molar-refractivity contribution in [1.29, 1.82) is 0 Å². The maximum Gasteiger partial charge on any atom is 0.329 e. The number of allylic oxidation sites excluding steroid dienone is 1. The number of nitrogens with one attached hydrogen (secondary N) is 1. The van der Waals surface area contributed by atoms with E-state index in [4.69, 9.17) is 11.6 Å². The lowest BCUT2D eigenvalue weighted by atomic mass is 9.88. The predicted octanol–water partition coefficient (Wildman–Crippen LogP) is 5.45. The van der Waals surface area contributed by atoms with Gasteiger partial charge in [0.2, 0.25) is 0 Å². The normalized spacial score (nSPS) is 18.9. The number of amides is 3. The number of carbonyl (C=O) groups is 2. The van der Waals surface area contributed by atoms with E-state index in [1.54, 1.807) is 6.08 Å². The Morgan fingerprint density at radius 2 is 1.84 bits per heavy atom. The predicted molar refractivity (Wildman–Crippen MR) is 126 cm³/mol. The topological polar surface area (TPSA) is 52.7 Å². The quantitative estimate of drug-likeness (QED) is 0.512. The molecule has 5 nitrogen and oxygen atoms in total. The van der Waals surface area contributed by atoms with E-state index >= 15 is 0 Å². The number of fused-ring (bicyclic) bond motifs is 1. The Bertz CT molecular complexity index is 1120. The first-order valence-electron chi connectivity index (χ1n) is 10.4. The van der Waals surface area contributed by atoms with E-state index in [1.807, 2.05) is 42.5 Å². The van der Waals surface area contributed by atoms with Crippen LogP contribution in [-0.4, -0.2) is 28.9 Å². The molecular formula is C25H26ClN3O2. The number of likely N-dealkylation sites (N-methyl/N-ethyl adjacent to an activating group) is 1. The van der Waals surface area contributed by atoms with E-state index in [-0.39, 0.29) is 23.7 Å². The average molecular weight is 436 g/mol. The fourth-order valence-corrected chi connectivity index (χ4v) is 4.65. The minimum atomic E-state index is -0.427. The highest BCUT2D eigenvalue weighted by atomic mass is 35.5. The van der Waals surface area contributed by atoms with Crippen molar-refractivity contribution in [2.45, 2.75) is 39.8 Å². The molecule has 1 fully saturated rings. The summed E-state index contributed by atoms with van der Waals surface area (Å²) in [6, 6.07) is 13.0. The van der Waals surface area contributed by atoms with Gasteiger partial charge in [-0.2, -0.15) is 0 Å². The second-order valence-corrected chi connectivity index (χ2v) is 8.89. The Kier molecular flexibility index (Phi) is 5.40. The van der Waals surface area contributed by atoms with Crippen LogP contribution in [0.1, 0.15) is 44.4 Å². The van der Waals surface area contributed by atoms with Crippen molar-refractivity contribution >= 4 is 40.9 Å². The van der Waals surface area contributed by atoms with Gasteiger partial charge >= 0.3 is 6.03 Å². The molecule has 0 bridgehead atoms. The molecule has 2 aliphatic heterocycles. The lowest BCUT2D eigenvalue weighted by Gasteiger charge is -2.43. The number of halogens is 1. The van der Waals surface area contributed by atoms with Crippen LogP contribution < -0.4 is 10.2 Å². The van der Waals surface area contributed by atoms with Crippen LogP contribution in [0, 0.1) is 0 Å². The molecule has 0 atom stereocenters. The number of imide groups is 1. The zero-order valence-electron chi connectivity index (χ0n) is 18.2. The molecule has 0 saturated carbocycles. The van der Waals surface area contributed by atoms with E-state index in [0.717, 1.165) is 28.9 Å². The summed E-state index contributed by atoms with van der Waals surface area (Å²) < 4.78 is 0. The SMILES string of the molecule is CCN1c2cc(Cl)c(/C=C3/NC(=O)N(Cc4ccccc4)C3=O)cc2C(C)=CC1(C)C. The molecule has 2 heterocycles. The number of hydrogen-bond acceptors (Lipinski definition) is 3. The van der Waals surface area contributed by atoms with Gasteiger partial charge in [0, 0.05) is 22.8 Å². The Hall–Kier alpha value is -3.05. The Labute approximate surface area is 188 Å². The van der Waals surface area contributed by atoms with Gasteiger partial charge in [0.05, 0.1) is 12.1 Å². The molecule has 31 heavy (non-hydrogen) atoms. The van der Waals surface area contributed by atoms with Crippen LogP contribution in [0.2, 0.25) is 5.02 Å². The van der Waals surface area contributed by atoms with E-state index < -0.39 is 6.03 Å². The molecule has 3 amide bonds. The highest BCUT2D eigenvalue weighted by Crippen LogP contribution is 2.41. The molecule has 0 unspecified atom stereocenters. The van der Waals surface area contributed by atoms with Crippen LogP contribution in [0.25, 0.3) is 11.6 Å². The molecule has 2 aromatic carbocycles. The molecular weight excluding hydrogens is 410 g/mol. The first-order chi connectivity index (χ1) is 14.7. The van der Waals surface area contributed by atoms with Crippen molar-refractivity contribution in [2.75, 3.05) is 11.4 Å². The largest absolute Gasteiger partial charge is 0.363 e. The third-order valence-corrected chi connectivity index (χ3v) is 6.19. The van der Waals surface area contributed by atoms with Crippen molar-refractivity contribution in [3.63, 3.8) is 0 Å². The standard InChI is InChI=1S/C25H26ClN3O2/c1-5-29-22-13-20(26)18(11-19(22)16(2)14-25(29,3)4)12-21-23(30)28(24(31)27-21)15-17-9-7-6-8-10-17/h6-14H,5,15H2,1-4H3,(H,27,31)/b21-12+. The van der Waals surface area contributed by atoms with Crippen molar-refractivity contribution in [1.82, 2.24) is 10.2 Å². The zero-order valence-corrected chi connectivity index (χ0v) is 19.0. The van der Waals surface area contributed by atoms with Gasteiger partial charge in [0.25, 0.3) is 5.91 Å². The third-order valence-electron chi connectivity index (χ3n) is 5.86. The van der Waals surface area contributed by atoms with Crippen molar-refractivity contribution in [2.24, 2.45) is 0 Å². The Balaban J connectivity index is 1.68. The summed E-state index contributed by atoms with van der Waals surface area (Å²) in [5.41, 5.74) is 5.03. The van der Waals surface area contributed by atoms with Gasteiger partial charge in [-0.15, -0.1) is 0 Å². The summed E-state index contributed by atoms with van der Waals surface area (Å²) in [6.45, 7) is 9.65. The van der Waals surface area contributed by atoms with E-state index in [0.29, 0.717) is 10.6 Å². The maximum atomic E-state index is 12.9. The molecule has 0 radical (unpaired) electrons. The van der Waals surface area contributed by atoms with Crippen molar-refractivity contribution < 1.29 is 9.59 Å². The maximum absolute atomic E-state index is 12.9. The van der Waals surface area contributed by atoms with Gasteiger partial charge in [0.1, 0.15) is 5.70 Å². The first-order valence-corrected chi connectivity index (χ1v) is 10.8. The van der Waals surface area contributed by atoms with Gasteiger partial charge in [-0.3, -0.25) is 9.69 Å². The van der Waals surface area contributed by atoms with Crippen LogP contribution in [0.15, 0.2) is 54.2 Å². The number of rotatable bonds is 4. The van der Waals surface area contributed by atoms with E-state index in [2.05, 4.69) is 44.0 Å². The number of urea groups is 1. The third kappa shape index (κ3) is 3.86. The fourth-order valence-electron chi connectivity index (χ4n) is 4.44. The van der Waals surface area contributed by atoms with E-state index in [9.17, 15) is 9.59 Å². The highest BCUT2D eigenvalue weighted by Gasteiger charge is 2.34. The molecule has 2 aromatic rings. The molecule has 0 aromatic heterocycles. The summed E-state index contributed by atoms with van der Waals surface area (Å²) >= 11 is 6.62. The molecule has 0 spiro atoms. The smallest absolute Gasteiger partial charge is 0.329 e. The second kappa shape index (κ2) is 7.89. The highest BCUT2D eigenvalue weighted by molar-refractivity contribution is 6.32. The summed E-state index contributed by atoms with van der Waals surface area (Å²) in [7, 11) is 0. The van der Waals surface area contributed by atoms with E-state index in [1.165, 1.54) is 4.90 Å². The van der Waals surface area contributed by atoms with Gasteiger partial charge < -0.3 is 10.2 Å². The Morgan fingerprint density at radius 1 is 1.13 bits per heavy atom. The Morgan fingerprint density at radius 3 is 2.52 bits per heavy atom. The number of nitrogens with zero attached hydrogens (tertiary/aromatic N) is 2. The van der Waals surface area contributed by atoms with Crippen molar-refractivity contribution in [3.8, 4) is 0 Å². The average Bonchev–Trinajstić information content (AvgIpc) is 2.97. The minimum Gasteiger partial charge on any atom is -0.363 e. The fraction of sp³-hybridized carbons (Fsp3) is 0.280. The molecule has 160 valence electrons. The number of benzene rings is 2. The molecule has 1 N–H and O–H groups in total. The molecule has 2 aliphatic rings. The monoisotopic (exact) mass is 435 g/mol. The second-order valence-electron chi connectivity index (χ2n) is 8.48.